The van der Waals surface area contributed by atoms with Gasteiger partial charge in [-0.3, -0.25) is 0 Å². The predicted molar refractivity (Wildman–Crippen MR) is 84.1 cm³/mol. The maximum absolute atomic E-state index is 13.2. The van der Waals surface area contributed by atoms with Crippen molar-refractivity contribution in [2.45, 2.75) is 58.3 Å². The lowest BCUT2D eigenvalue weighted by Gasteiger charge is -2.26. The molecule has 0 spiro atoms. The van der Waals surface area contributed by atoms with Crippen molar-refractivity contribution in [1.29, 1.82) is 0 Å². The molecule has 0 bridgehead atoms. The molecule has 0 nitrogen and oxygen atoms in total. The Hall–Kier alpha value is -1.25. The minimum Gasteiger partial charge on any atom is -0.204 e. The quantitative estimate of drug-likeness (QED) is 0.433. The van der Waals surface area contributed by atoms with Crippen LogP contribution in [0.4, 0.5) is 13.2 Å². The Balaban J connectivity index is 1.77. The van der Waals surface area contributed by atoms with Gasteiger partial charge in [0.15, 0.2) is 17.5 Å². The minimum absolute atomic E-state index is 0.557. The van der Waals surface area contributed by atoms with Gasteiger partial charge in [-0.1, -0.05) is 25.5 Å². The van der Waals surface area contributed by atoms with Crippen LogP contribution < -0.4 is 0 Å². The van der Waals surface area contributed by atoms with Crippen LogP contribution in [0.2, 0.25) is 0 Å². The summed E-state index contributed by atoms with van der Waals surface area (Å²) >= 11 is 0. The lowest BCUT2D eigenvalue weighted by atomic mass is 9.79. The van der Waals surface area contributed by atoms with Gasteiger partial charge < -0.3 is 0 Å². The second kappa shape index (κ2) is 8.40. The van der Waals surface area contributed by atoms with E-state index in [1.807, 2.05) is 0 Å². The summed E-state index contributed by atoms with van der Waals surface area (Å²) in [4.78, 5) is 0. The molecule has 0 aromatic heterocycles. The maximum Gasteiger partial charge on any atom is 0.194 e. The van der Waals surface area contributed by atoms with E-state index in [-0.39, 0.29) is 0 Å². The zero-order valence-corrected chi connectivity index (χ0v) is 13.3. The summed E-state index contributed by atoms with van der Waals surface area (Å²) in [6, 6.07) is 2.25. The Bertz CT molecular complexity index is 476. The topological polar surface area (TPSA) is 0 Å². The lowest BCUT2D eigenvalue weighted by molar-refractivity contribution is 0.295. The SMILES string of the molecule is CCCC=CC1CCC(CCc2cc(F)c(F)c(F)c2)CC1. The molecule has 0 atom stereocenters. The van der Waals surface area contributed by atoms with Gasteiger partial charge in [0, 0.05) is 0 Å². The van der Waals surface area contributed by atoms with Crippen LogP contribution >= 0.6 is 0 Å². The van der Waals surface area contributed by atoms with Gasteiger partial charge in [-0.15, -0.1) is 0 Å². The first-order chi connectivity index (χ1) is 10.6. The Labute approximate surface area is 131 Å². The van der Waals surface area contributed by atoms with Crippen molar-refractivity contribution >= 4 is 0 Å². The van der Waals surface area contributed by atoms with Gasteiger partial charge in [-0.25, -0.2) is 13.2 Å². The molecule has 1 fully saturated rings. The Morgan fingerprint density at radius 1 is 1.05 bits per heavy atom. The van der Waals surface area contributed by atoms with Crippen LogP contribution in [-0.4, -0.2) is 0 Å². The van der Waals surface area contributed by atoms with E-state index in [1.54, 1.807) is 0 Å². The normalized spacial score (nSPS) is 22.4. The van der Waals surface area contributed by atoms with Crippen LogP contribution in [0.15, 0.2) is 24.3 Å². The van der Waals surface area contributed by atoms with E-state index >= 15 is 0 Å². The van der Waals surface area contributed by atoms with Gasteiger partial charge in [-0.05, 0) is 74.5 Å². The van der Waals surface area contributed by atoms with E-state index in [0.29, 0.717) is 23.8 Å². The summed E-state index contributed by atoms with van der Waals surface area (Å²) in [5, 5.41) is 0. The van der Waals surface area contributed by atoms with E-state index in [1.165, 1.54) is 32.1 Å². The molecule has 0 heterocycles. The summed E-state index contributed by atoms with van der Waals surface area (Å²) in [5.41, 5.74) is 0.557. The van der Waals surface area contributed by atoms with Gasteiger partial charge in [0.1, 0.15) is 0 Å². The maximum atomic E-state index is 13.2. The molecule has 1 aliphatic carbocycles. The fourth-order valence-corrected chi connectivity index (χ4v) is 3.25. The standard InChI is InChI=1S/C19H25F3/c1-2-3-4-5-14-6-8-15(9-7-14)10-11-16-12-17(20)19(22)18(21)13-16/h4-5,12-15H,2-3,6-11H2,1H3. The highest BCUT2D eigenvalue weighted by Gasteiger charge is 2.19. The minimum atomic E-state index is -1.37. The van der Waals surface area contributed by atoms with Gasteiger partial charge in [0.05, 0.1) is 0 Å². The fraction of sp³-hybridized carbons (Fsp3) is 0.579. The number of allylic oxidation sites excluding steroid dienone is 2. The first-order valence-corrected chi connectivity index (χ1v) is 8.40. The third-order valence-electron chi connectivity index (χ3n) is 4.64. The highest BCUT2D eigenvalue weighted by molar-refractivity contribution is 5.19. The van der Waals surface area contributed by atoms with Crippen molar-refractivity contribution in [1.82, 2.24) is 0 Å². The van der Waals surface area contributed by atoms with Crippen LogP contribution in [0.1, 0.15) is 57.4 Å². The Kier molecular flexibility index (Phi) is 6.53. The van der Waals surface area contributed by atoms with E-state index in [4.69, 9.17) is 0 Å². The Morgan fingerprint density at radius 2 is 1.68 bits per heavy atom. The molecule has 22 heavy (non-hydrogen) atoms. The first kappa shape index (κ1) is 17.1. The molecular formula is C19H25F3. The number of halogens is 3. The number of hydrogen-bond donors (Lipinski definition) is 0. The van der Waals surface area contributed by atoms with Gasteiger partial charge in [-0.2, -0.15) is 0 Å². The molecule has 0 N–H and O–H groups in total. The summed E-state index contributed by atoms with van der Waals surface area (Å²) < 4.78 is 39.3. The number of hydrogen-bond acceptors (Lipinski definition) is 0. The largest absolute Gasteiger partial charge is 0.204 e. The van der Waals surface area contributed by atoms with Crippen LogP contribution in [0.5, 0.6) is 0 Å². The van der Waals surface area contributed by atoms with E-state index in [9.17, 15) is 13.2 Å². The highest BCUT2D eigenvalue weighted by atomic mass is 19.2. The molecule has 0 saturated heterocycles. The summed E-state index contributed by atoms with van der Waals surface area (Å²) in [6.45, 7) is 2.18. The van der Waals surface area contributed by atoms with E-state index < -0.39 is 17.5 Å². The zero-order chi connectivity index (χ0) is 15.9. The lowest BCUT2D eigenvalue weighted by Crippen LogP contribution is -2.14. The molecular weight excluding hydrogens is 285 g/mol. The second-order valence-electron chi connectivity index (χ2n) is 6.41. The first-order valence-electron chi connectivity index (χ1n) is 8.40. The average molecular weight is 310 g/mol. The van der Waals surface area contributed by atoms with Crippen molar-refractivity contribution in [3.63, 3.8) is 0 Å². The average Bonchev–Trinajstić information content (AvgIpc) is 2.52. The van der Waals surface area contributed by atoms with Crippen LogP contribution in [-0.2, 0) is 6.42 Å². The molecule has 2 rings (SSSR count). The Morgan fingerprint density at radius 3 is 2.27 bits per heavy atom. The number of aryl methyl sites for hydroxylation is 1. The summed E-state index contributed by atoms with van der Waals surface area (Å²) in [6.07, 6.45) is 13.3. The monoisotopic (exact) mass is 310 g/mol. The summed E-state index contributed by atoms with van der Waals surface area (Å²) in [7, 11) is 0. The third-order valence-corrected chi connectivity index (χ3v) is 4.64. The van der Waals surface area contributed by atoms with Crippen molar-refractivity contribution in [3.05, 3.63) is 47.3 Å². The van der Waals surface area contributed by atoms with E-state index in [0.717, 1.165) is 25.0 Å². The summed E-state index contributed by atoms with van der Waals surface area (Å²) in [5.74, 6) is -2.22. The molecule has 1 aromatic carbocycles. The molecule has 1 aromatic rings. The molecule has 0 unspecified atom stereocenters. The second-order valence-corrected chi connectivity index (χ2v) is 6.41. The number of unbranched alkanes of at least 4 members (excludes halogenated alkanes) is 1. The number of rotatable bonds is 6. The smallest absolute Gasteiger partial charge is 0.194 e. The van der Waals surface area contributed by atoms with E-state index in [2.05, 4.69) is 19.1 Å². The molecule has 1 aliphatic rings. The van der Waals surface area contributed by atoms with Crippen LogP contribution in [0.25, 0.3) is 0 Å². The van der Waals surface area contributed by atoms with Crippen LogP contribution in [0.3, 0.4) is 0 Å². The molecule has 0 radical (unpaired) electrons. The van der Waals surface area contributed by atoms with Crippen molar-refractivity contribution in [2.75, 3.05) is 0 Å². The highest BCUT2D eigenvalue weighted by Crippen LogP contribution is 2.32. The van der Waals surface area contributed by atoms with Gasteiger partial charge in [0.25, 0.3) is 0 Å². The molecule has 0 amide bonds. The molecule has 1 saturated carbocycles. The fourth-order valence-electron chi connectivity index (χ4n) is 3.25. The van der Waals surface area contributed by atoms with Gasteiger partial charge in [0.2, 0.25) is 0 Å². The zero-order valence-electron chi connectivity index (χ0n) is 13.3. The van der Waals surface area contributed by atoms with Crippen molar-refractivity contribution < 1.29 is 13.2 Å². The molecule has 122 valence electrons. The van der Waals surface area contributed by atoms with Crippen LogP contribution in [0, 0.1) is 29.3 Å². The third kappa shape index (κ3) is 4.89. The van der Waals surface area contributed by atoms with Crippen molar-refractivity contribution in [3.8, 4) is 0 Å². The predicted octanol–water partition coefficient (Wildman–Crippen LogP) is 6.20. The number of benzene rings is 1. The van der Waals surface area contributed by atoms with Crippen molar-refractivity contribution in [2.24, 2.45) is 11.8 Å². The van der Waals surface area contributed by atoms with Gasteiger partial charge >= 0.3 is 0 Å². The molecule has 3 heteroatoms. The molecule has 0 aliphatic heterocycles.